The van der Waals surface area contributed by atoms with Gasteiger partial charge in [-0.3, -0.25) is 4.79 Å². The van der Waals surface area contributed by atoms with E-state index in [4.69, 9.17) is 5.11 Å². The fourth-order valence-electron chi connectivity index (χ4n) is 0.0713. The fraction of sp³-hybridized carbons (Fsp3) is 0.333. The molecule has 3 N–H and O–H groups in total. The van der Waals surface area contributed by atoms with E-state index in [1.165, 1.54) is 0 Å². The van der Waals surface area contributed by atoms with Crippen LogP contribution in [0.3, 0.4) is 0 Å². The molecular formula is C3H9AlO4. The second-order valence-corrected chi connectivity index (χ2v) is 0.765. The summed E-state index contributed by atoms with van der Waals surface area (Å²) in [4.78, 5) is 18.6. The van der Waals surface area contributed by atoms with Gasteiger partial charge in [0.05, 0.1) is 0 Å². The second-order valence-electron chi connectivity index (χ2n) is 0.765. The van der Waals surface area contributed by atoms with Crippen molar-refractivity contribution in [1.82, 2.24) is 0 Å². The Balaban J connectivity index is -0.000000125. The quantitative estimate of drug-likeness (QED) is 0.262. The molecule has 0 rings (SSSR count). The van der Waals surface area contributed by atoms with Crippen molar-refractivity contribution in [2.75, 3.05) is 0 Å². The zero-order valence-electron chi connectivity index (χ0n) is 3.55. The van der Waals surface area contributed by atoms with E-state index in [2.05, 4.69) is 0 Å². The third-order valence-electron chi connectivity index (χ3n) is 0.258. The van der Waals surface area contributed by atoms with Crippen LogP contribution in [0.2, 0.25) is 0 Å². The highest BCUT2D eigenvalue weighted by atomic mass is 27.0. The van der Waals surface area contributed by atoms with Crippen molar-refractivity contribution < 1.29 is 20.2 Å². The summed E-state index contributed by atoms with van der Waals surface area (Å²) >= 11 is 0. The molecule has 0 aromatic heterocycles. The van der Waals surface area contributed by atoms with E-state index >= 15 is 0 Å². The molecule has 0 aromatic rings. The van der Waals surface area contributed by atoms with Gasteiger partial charge < -0.3 is 15.4 Å². The van der Waals surface area contributed by atoms with Gasteiger partial charge in [0.1, 0.15) is 12.7 Å². The van der Waals surface area contributed by atoms with E-state index in [1.54, 1.807) is 0 Å². The largest absolute Gasteiger partial charge is 0.481 e. The number of aldehydes is 1. The van der Waals surface area contributed by atoms with Crippen molar-refractivity contribution in [3.8, 4) is 0 Å². The molecule has 0 unspecified atom stereocenters. The number of rotatable bonds is 2. The number of carboxylic acids is 1. The minimum atomic E-state index is -1.08. The summed E-state index contributed by atoms with van der Waals surface area (Å²) in [6.45, 7) is 0. The molecule has 0 atom stereocenters. The standard InChI is InChI=1S/C3H4O3.Al.H2O.3H/c4-2-1-3(5)6;;;;;/h2H,1H2,(H,5,6);;1H2;;;. The molecule has 0 aliphatic rings. The molecule has 0 bridgehead atoms. The lowest BCUT2D eigenvalue weighted by atomic mass is 10.5. The topological polar surface area (TPSA) is 85.9 Å². The summed E-state index contributed by atoms with van der Waals surface area (Å²) in [6.07, 6.45) is -0.0394. The number of carbonyl (C=O) groups excluding carboxylic acids is 1. The van der Waals surface area contributed by atoms with Crippen molar-refractivity contribution in [2.24, 2.45) is 0 Å². The number of carbonyl (C=O) groups is 2. The Morgan fingerprint density at radius 3 is 2.00 bits per heavy atom. The number of aliphatic carboxylic acids is 1. The normalized spacial score (nSPS) is 5.50. The minimum Gasteiger partial charge on any atom is -0.481 e. The maximum absolute atomic E-state index is 9.37. The Kier molecular flexibility index (Phi) is 19.2. The molecule has 0 spiro atoms. The first kappa shape index (κ1) is 15.6. The molecule has 0 saturated heterocycles. The lowest BCUT2D eigenvalue weighted by Gasteiger charge is -1.71. The first-order valence-electron chi connectivity index (χ1n) is 1.43. The van der Waals surface area contributed by atoms with Gasteiger partial charge >= 0.3 is 5.97 Å². The van der Waals surface area contributed by atoms with Gasteiger partial charge in [0.15, 0.2) is 17.4 Å². The van der Waals surface area contributed by atoms with Crippen LogP contribution >= 0.6 is 0 Å². The molecule has 4 nitrogen and oxygen atoms in total. The van der Waals surface area contributed by atoms with Crippen molar-refractivity contribution in [3.63, 3.8) is 0 Å². The lowest BCUT2D eigenvalue weighted by Crippen LogP contribution is -1.92. The summed E-state index contributed by atoms with van der Waals surface area (Å²) in [7, 11) is 0. The summed E-state index contributed by atoms with van der Waals surface area (Å²) in [6, 6.07) is 0. The molecule has 48 valence electrons. The van der Waals surface area contributed by atoms with E-state index in [0.717, 1.165) is 0 Å². The Morgan fingerprint density at radius 1 is 1.62 bits per heavy atom. The third-order valence-corrected chi connectivity index (χ3v) is 0.258. The van der Waals surface area contributed by atoms with Gasteiger partial charge in [-0.05, 0) is 0 Å². The van der Waals surface area contributed by atoms with Crippen molar-refractivity contribution in [2.45, 2.75) is 6.42 Å². The molecule has 0 aliphatic heterocycles. The summed E-state index contributed by atoms with van der Waals surface area (Å²) in [5.74, 6) is -1.08. The van der Waals surface area contributed by atoms with E-state index < -0.39 is 5.97 Å². The Labute approximate surface area is 56.9 Å². The zero-order valence-corrected chi connectivity index (χ0v) is 3.55. The highest BCUT2D eigenvalue weighted by Crippen LogP contribution is 1.64. The summed E-state index contributed by atoms with van der Waals surface area (Å²) < 4.78 is 0. The smallest absolute Gasteiger partial charge is 0.310 e. The van der Waals surface area contributed by atoms with Crippen LogP contribution in [-0.2, 0) is 9.59 Å². The molecule has 5 heteroatoms. The van der Waals surface area contributed by atoms with Crippen LogP contribution in [0.4, 0.5) is 0 Å². The molecular weight excluding hydrogens is 127 g/mol. The van der Waals surface area contributed by atoms with Crippen molar-refractivity contribution in [1.29, 1.82) is 0 Å². The van der Waals surface area contributed by atoms with E-state index in [1.807, 2.05) is 0 Å². The maximum atomic E-state index is 9.37. The highest BCUT2D eigenvalue weighted by Gasteiger charge is 1.87. The number of hydrogen-bond donors (Lipinski definition) is 1. The van der Waals surface area contributed by atoms with E-state index in [9.17, 15) is 9.59 Å². The third kappa shape index (κ3) is 17.4. The van der Waals surface area contributed by atoms with Crippen LogP contribution < -0.4 is 0 Å². The summed E-state index contributed by atoms with van der Waals surface area (Å²) in [5.41, 5.74) is 0. The zero-order chi connectivity index (χ0) is 4.99. The molecule has 0 aromatic carbocycles. The Bertz CT molecular complexity index is 71.7. The maximum Gasteiger partial charge on any atom is 0.310 e. The van der Waals surface area contributed by atoms with Crippen LogP contribution in [0.1, 0.15) is 6.42 Å². The average Bonchev–Trinajstić information content (AvgIpc) is 1.35. The van der Waals surface area contributed by atoms with Gasteiger partial charge in [0.2, 0.25) is 0 Å². The van der Waals surface area contributed by atoms with Crippen molar-refractivity contribution >= 4 is 29.6 Å². The van der Waals surface area contributed by atoms with Crippen molar-refractivity contribution in [3.05, 3.63) is 0 Å². The Morgan fingerprint density at radius 2 is 2.00 bits per heavy atom. The first-order valence-corrected chi connectivity index (χ1v) is 1.43. The van der Waals surface area contributed by atoms with E-state index in [-0.39, 0.29) is 29.3 Å². The lowest BCUT2D eigenvalue weighted by molar-refractivity contribution is -0.138. The molecule has 0 radical (unpaired) electrons. The van der Waals surface area contributed by atoms with Crippen LogP contribution in [0.25, 0.3) is 0 Å². The van der Waals surface area contributed by atoms with Gasteiger partial charge in [-0.2, -0.15) is 0 Å². The van der Waals surface area contributed by atoms with Gasteiger partial charge in [-0.15, -0.1) is 0 Å². The fourth-order valence-corrected chi connectivity index (χ4v) is 0.0713. The molecule has 0 amide bonds. The van der Waals surface area contributed by atoms with Crippen LogP contribution in [-0.4, -0.2) is 40.2 Å². The number of hydrogen-bond acceptors (Lipinski definition) is 2. The second kappa shape index (κ2) is 9.81. The van der Waals surface area contributed by atoms with Gasteiger partial charge in [0, 0.05) is 0 Å². The molecule has 8 heavy (non-hydrogen) atoms. The Hall–Kier alpha value is -0.368. The highest BCUT2D eigenvalue weighted by molar-refractivity contribution is 5.82. The predicted octanol–water partition coefficient (Wildman–Crippen LogP) is -2.35. The van der Waals surface area contributed by atoms with Crippen LogP contribution in [0.15, 0.2) is 0 Å². The van der Waals surface area contributed by atoms with Gasteiger partial charge in [0.25, 0.3) is 0 Å². The van der Waals surface area contributed by atoms with Gasteiger partial charge in [-0.1, -0.05) is 0 Å². The molecule has 0 heterocycles. The molecule has 0 aliphatic carbocycles. The van der Waals surface area contributed by atoms with Gasteiger partial charge in [-0.25, -0.2) is 0 Å². The number of carboxylic acid groups (broad SMARTS) is 1. The molecule has 0 fully saturated rings. The summed E-state index contributed by atoms with van der Waals surface area (Å²) in [5, 5.41) is 7.68. The first-order chi connectivity index (χ1) is 2.77. The SMILES string of the molecule is O.O=CCC(=O)O.[AlH3]. The monoisotopic (exact) mass is 136 g/mol. The minimum absolute atomic E-state index is 0. The predicted molar refractivity (Wildman–Crippen MR) is 31.9 cm³/mol. The van der Waals surface area contributed by atoms with Crippen LogP contribution in [0.5, 0.6) is 0 Å². The van der Waals surface area contributed by atoms with Crippen LogP contribution in [0, 0.1) is 0 Å². The average molecular weight is 136 g/mol. The van der Waals surface area contributed by atoms with E-state index in [0.29, 0.717) is 6.29 Å². The molecule has 0 saturated carbocycles.